The highest BCUT2D eigenvalue weighted by atomic mass is 16.5. The topological polar surface area (TPSA) is 24.5 Å². The Morgan fingerprint density at radius 2 is 1.88 bits per heavy atom. The van der Waals surface area contributed by atoms with E-state index in [0.29, 0.717) is 0 Å². The van der Waals surface area contributed by atoms with E-state index in [0.717, 1.165) is 31.2 Å². The number of ether oxygens (including phenoxy) is 1. The highest BCUT2D eigenvalue weighted by Crippen LogP contribution is 2.29. The van der Waals surface area contributed by atoms with E-state index in [9.17, 15) is 0 Å². The van der Waals surface area contributed by atoms with Crippen LogP contribution in [-0.4, -0.2) is 49.8 Å². The van der Waals surface area contributed by atoms with E-state index in [1.165, 1.54) is 58.2 Å². The van der Waals surface area contributed by atoms with Crippen LogP contribution in [0.1, 0.15) is 38.5 Å². The minimum absolute atomic E-state index is 0.769. The van der Waals surface area contributed by atoms with E-state index in [4.69, 9.17) is 4.74 Å². The van der Waals surface area contributed by atoms with E-state index in [1.807, 2.05) is 0 Å². The second kappa shape index (κ2) is 5.68. The highest BCUT2D eigenvalue weighted by molar-refractivity contribution is 4.89. The molecule has 3 rings (SSSR count). The lowest BCUT2D eigenvalue weighted by Gasteiger charge is -2.33. The van der Waals surface area contributed by atoms with Gasteiger partial charge in [0.05, 0.1) is 6.61 Å². The van der Waals surface area contributed by atoms with Gasteiger partial charge in [0.1, 0.15) is 0 Å². The Labute approximate surface area is 105 Å². The van der Waals surface area contributed by atoms with Crippen LogP contribution in [0.15, 0.2) is 0 Å². The minimum Gasteiger partial charge on any atom is -0.381 e. The first-order valence-corrected chi connectivity index (χ1v) is 7.47. The van der Waals surface area contributed by atoms with Crippen molar-refractivity contribution in [2.75, 3.05) is 32.8 Å². The van der Waals surface area contributed by atoms with Gasteiger partial charge in [0, 0.05) is 25.2 Å². The van der Waals surface area contributed by atoms with Crippen LogP contribution in [0, 0.1) is 5.92 Å². The predicted molar refractivity (Wildman–Crippen MR) is 69.2 cm³/mol. The Balaban J connectivity index is 1.32. The summed E-state index contributed by atoms with van der Waals surface area (Å²) in [6.45, 7) is 5.78. The van der Waals surface area contributed by atoms with Crippen molar-refractivity contribution >= 4 is 0 Å². The molecule has 0 aromatic heterocycles. The third-order valence-electron chi connectivity index (χ3n) is 4.54. The summed E-state index contributed by atoms with van der Waals surface area (Å²) < 4.78 is 5.53. The molecule has 1 unspecified atom stereocenters. The van der Waals surface area contributed by atoms with Gasteiger partial charge in [-0.3, -0.25) is 0 Å². The van der Waals surface area contributed by atoms with E-state index in [2.05, 4.69) is 10.2 Å². The molecule has 1 aliphatic carbocycles. The van der Waals surface area contributed by atoms with Crippen LogP contribution in [-0.2, 0) is 4.74 Å². The fourth-order valence-corrected chi connectivity index (χ4v) is 3.21. The smallest absolute Gasteiger partial charge is 0.0506 e. The number of hydrogen-bond donors (Lipinski definition) is 1. The van der Waals surface area contributed by atoms with Crippen LogP contribution in [0.4, 0.5) is 0 Å². The number of nitrogens with zero attached hydrogens (tertiary/aromatic N) is 1. The molecule has 1 N–H and O–H groups in total. The molecule has 0 bridgehead atoms. The van der Waals surface area contributed by atoms with Crippen LogP contribution >= 0.6 is 0 Å². The average molecular weight is 238 g/mol. The van der Waals surface area contributed by atoms with Gasteiger partial charge in [-0.05, 0) is 57.5 Å². The number of likely N-dealkylation sites (tertiary alicyclic amines) is 1. The van der Waals surface area contributed by atoms with Crippen molar-refractivity contribution in [3.05, 3.63) is 0 Å². The quantitative estimate of drug-likeness (QED) is 0.805. The lowest BCUT2D eigenvalue weighted by molar-refractivity contribution is 0.0524. The first-order valence-electron chi connectivity index (χ1n) is 7.47. The molecular weight excluding hydrogens is 212 g/mol. The monoisotopic (exact) mass is 238 g/mol. The largest absolute Gasteiger partial charge is 0.381 e. The predicted octanol–water partition coefficient (Wildman–Crippen LogP) is 1.63. The first-order chi connectivity index (χ1) is 8.42. The Kier molecular flexibility index (Phi) is 3.99. The minimum atomic E-state index is 0.769. The molecule has 17 heavy (non-hydrogen) atoms. The molecular formula is C14H26N2O. The van der Waals surface area contributed by atoms with Crippen molar-refractivity contribution in [1.29, 1.82) is 0 Å². The van der Waals surface area contributed by atoms with Gasteiger partial charge in [0.15, 0.2) is 0 Å². The molecule has 1 atom stereocenters. The molecule has 0 amide bonds. The summed E-state index contributed by atoms with van der Waals surface area (Å²) in [5.41, 5.74) is 0. The maximum Gasteiger partial charge on any atom is 0.0506 e. The summed E-state index contributed by atoms with van der Waals surface area (Å²) in [7, 11) is 0. The van der Waals surface area contributed by atoms with Crippen LogP contribution in [0.2, 0.25) is 0 Å². The number of nitrogens with one attached hydrogen (secondary N) is 1. The first kappa shape index (κ1) is 11.9. The van der Waals surface area contributed by atoms with Crippen LogP contribution in [0.5, 0.6) is 0 Å². The third kappa shape index (κ3) is 3.43. The summed E-state index contributed by atoms with van der Waals surface area (Å²) in [6, 6.07) is 1.73. The molecule has 3 nitrogen and oxygen atoms in total. The zero-order chi connectivity index (χ0) is 11.5. The van der Waals surface area contributed by atoms with Crippen LogP contribution in [0.3, 0.4) is 0 Å². The van der Waals surface area contributed by atoms with Gasteiger partial charge in [0.2, 0.25) is 0 Å². The van der Waals surface area contributed by atoms with Crippen molar-refractivity contribution in [1.82, 2.24) is 10.2 Å². The highest BCUT2D eigenvalue weighted by Gasteiger charge is 2.31. The van der Waals surface area contributed by atoms with E-state index in [-0.39, 0.29) is 0 Å². The van der Waals surface area contributed by atoms with E-state index in [1.54, 1.807) is 0 Å². The lowest BCUT2D eigenvalue weighted by Crippen LogP contribution is -2.45. The molecule has 2 aliphatic heterocycles. The molecule has 98 valence electrons. The summed E-state index contributed by atoms with van der Waals surface area (Å²) in [5, 5.41) is 3.76. The molecule has 1 saturated carbocycles. The maximum atomic E-state index is 5.53. The van der Waals surface area contributed by atoms with Gasteiger partial charge in [-0.1, -0.05) is 0 Å². The zero-order valence-electron chi connectivity index (χ0n) is 10.9. The van der Waals surface area contributed by atoms with Crippen molar-refractivity contribution in [3.8, 4) is 0 Å². The molecule has 3 aliphatic rings. The third-order valence-corrected chi connectivity index (χ3v) is 4.54. The van der Waals surface area contributed by atoms with Crippen LogP contribution in [0.25, 0.3) is 0 Å². The Morgan fingerprint density at radius 1 is 1.06 bits per heavy atom. The second-order valence-electron chi connectivity index (χ2n) is 6.03. The molecule has 3 heteroatoms. The molecule has 0 aromatic rings. The molecule has 0 aromatic carbocycles. The Hall–Kier alpha value is -0.120. The molecule has 0 spiro atoms. The fourth-order valence-electron chi connectivity index (χ4n) is 3.21. The summed E-state index contributed by atoms with van der Waals surface area (Å²) in [6.07, 6.45) is 8.23. The van der Waals surface area contributed by atoms with Gasteiger partial charge >= 0.3 is 0 Å². The van der Waals surface area contributed by atoms with Gasteiger partial charge in [0.25, 0.3) is 0 Å². The van der Waals surface area contributed by atoms with Gasteiger partial charge < -0.3 is 15.0 Å². The summed E-state index contributed by atoms with van der Waals surface area (Å²) in [5.74, 6) is 0.769. The van der Waals surface area contributed by atoms with Crippen molar-refractivity contribution < 1.29 is 4.74 Å². The summed E-state index contributed by atoms with van der Waals surface area (Å²) >= 11 is 0. The van der Waals surface area contributed by atoms with Gasteiger partial charge in [-0.25, -0.2) is 0 Å². The fraction of sp³-hybridized carbons (Fsp3) is 1.00. The second-order valence-corrected chi connectivity index (χ2v) is 6.03. The van der Waals surface area contributed by atoms with E-state index < -0.39 is 0 Å². The Bertz CT molecular complexity index is 228. The maximum absolute atomic E-state index is 5.53. The number of hydrogen-bond acceptors (Lipinski definition) is 3. The van der Waals surface area contributed by atoms with Gasteiger partial charge in [-0.2, -0.15) is 0 Å². The van der Waals surface area contributed by atoms with Crippen molar-refractivity contribution in [2.24, 2.45) is 5.92 Å². The van der Waals surface area contributed by atoms with Crippen molar-refractivity contribution in [3.63, 3.8) is 0 Å². The normalized spacial score (nSPS) is 32.8. The number of rotatable bonds is 4. The lowest BCUT2D eigenvalue weighted by atomic mass is 10.00. The number of piperidine rings is 1. The van der Waals surface area contributed by atoms with Gasteiger partial charge in [-0.15, -0.1) is 0 Å². The van der Waals surface area contributed by atoms with Crippen molar-refractivity contribution in [2.45, 2.75) is 50.6 Å². The zero-order valence-corrected chi connectivity index (χ0v) is 10.9. The SMILES string of the molecule is C1COCC(CNC2CCN(C3CC3)CC2)C1. The molecule has 0 radical (unpaired) electrons. The van der Waals surface area contributed by atoms with Crippen LogP contribution < -0.4 is 5.32 Å². The standard InChI is InChI=1S/C14H26N2O/c1-2-12(11-17-9-1)10-15-13-5-7-16(8-6-13)14-3-4-14/h12-15H,1-11H2. The molecule has 2 saturated heterocycles. The average Bonchev–Trinajstić information content (AvgIpc) is 3.23. The Morgan fingerprint density at radius 3 is 2.53 bits per heavy atom. The van der Waals surface area contributed by atoms with E-state index >= 15 is 0 Å². The summed E-state index contributed by atoms with van der Waals surface area (Å²) in [4.78, 5) is 2.70. The molecule has 3 fully saturated rings. The molecule has 2 heterocycles.